The first-order chi connectivity index (χ1) is 18.7. The predicted octanol–water partition coefficient (Wildman–Crippen LogP) is 5.35. The summed E-state index contributed by atoms with van der Waals surface area (Å²) in [6.45, 7) is 1.13. The first kappa shape index (κ1) is 27.7. The molecule has 39 heavy (non-hydrogen) atoms. The lowest BCUT2D eigenvalue weighted by molar-refractivity contribution is -0.127. The lowest BCUT2D eigenvalue weighted by atomic mass is 10.2. The normalized spacial score (nSPS) is 13.9. The summed E-state index contributed by atoms with van der Waals surface area (Å²) in [5, 5.41) is 5.31. The number of aryl methyl sites for hydroxylation is 1. The molecule has 0 saturated carbocycles. The molecule has 0 unspecified atom stereocenters. The van der Waals surface area contributed by atoms with E-state index in [1.54, 1.807) is 55.5 Å². The first-order valence-corrected chi connectivity index (χ1v) is 12.9. The standard InChI is InChI=1S/C28H24ClN3O6S/c1-17-8-10-19(29)14-21(17)31-25(33)15-32-27(35)24(39-28(32)36)13-18-9-11-22(23(12-18)37-2)38-16-26(34)30-20-6-4-3-5-7-20/h3-14H,15-16H2,1-2H3,(H,30,34)(H,31,33)/b24-13-. The summed E-state index contributed by atoms with van der Waals surface area (Å²) in [5.41, 5.74) is 2.51. The second-order valence-corrected chi connectivity index (χ2v) is 9.82. The summed E-state index contributed by atoms with van der Waals surface area (Å²) in [5.74, 6) is -0.774. The molecule has 3 aromatic rings. The molecule has 1 fully saturated rings. The number of anilines is 2. The van der Waals surface area contributed by atoms with Crippen LogP contribution in [0.25, 0.3) is 6.08 Å². The highest BCUT2D eigenvalue weighted by Gasteiger charge is 2.36. The van der Waals surface area contributed by atoms with Crippen molar-refractivity contribution < 1.29 is 28.7 Å². The zero-order valence-electron chi connectivity index (χ0n) is 21.0. The Bertz CT molecular complexity index is 1460. The van der Waals surface area contributed by atoms with Crippen LogP contribution in [0.15, 0.2) is 71.6 Å². The number of carbonyl (C=O) groups is 4. The summed E-state index contributed by atoms with van der Waals surface area (Å²) in [6, 6.07) is 18.9. The maximum atomic E-state index is 12.9. The van der Waals surface area contributed by atoms with Crippen LogP contribution in [0.4, 0.5) is 16.2 Å². The molecule has 1 saturated heterocycles. The van der Waals surface area contributed by atoms with Crippen LogP contribution in [0, 0.1) is 6.92 Å². The fourth-order valence-electron chi connectivity index (χ4n) is 3.60. The topological polar surface area (TPSA) is 114 Å². The van der Waals surface area contributed by atoms with Crippen LogP contribution >= 0.6 is 23.4 Å². The molecule has 4 amide bonds. The van der Waals surface area contributed by atoms with Crippen LogP contribution in [0.1, 0.15) is 11.1 Å². The van der Waals surface area contributed by atoms with Crippen LogP contribution in [0.5, 0.6) is 11.5 Å². The van der Waals surface area contributed by atoms with Crippen molar-refractivity contribution in [3.8, 4) is 11.5 Å². The molecule has 0 aromatic heterocycles. The van der Waals surface area contributed by atoms with Gasteiger partial charge in [0.05, 0.1) is 12.0 Å². The van der Waals surface area contributed by atoms with Gasteiger partial charge in [0.1, 0.15) is 6.54 Å². The van der Waals surface area contributed by atoms with Gasteiger partial charge in [0.25, 0.3) is 17.1 Å². The third kappa shape index (κ3) is 7.18. The minimum absolute atomic E-state index is 0.157. The molecule has 1 aliphatic heterocycles. The van der Waals surface area contributed by atoms with Crippen LogP contribution < -0.4 is 20.1 Å². The number of ether oxygens (including phenoxy) is 2. The van der Waals surface area contributed by atoms with Crippen molar-refractivity contribution in [1.82, 2.24) is 4.90 Å². The van der Waals surface area contributed by atoms with E-state index in [0.29, 0.717) is 33.5 Å². The van der Waals surface area contributed by atoms with Crippen molar-refractivity contribution >= 4 is 63.8 Å². The SMILES string of the molecule is COc1cc(/C=C2\SC(=O)N(CC(=O)Nc3cc(Cl)ccc3C)C2=O)ccc1OCC(=O)Nc1ccccc1. The van der Waals surface area contributed by atoms with E-state index in [4.69, 9.17) is 21.1 Å². The van der Waals surface area contributed by atoms with Gasteiger partial charge in [-0.3, -0.25) is 24.1 Å². The number of amides is 4. The van der Waals surface area contributed by atoms with Crippen LogP contribution in [0.2, 0.25) is 5.02 Å². The van der Waals surface area contributed by atoms with Gasteiger partial charge in [-0.2, -0.15) is 0 Å². The maximum absolute atomic E-state index is 12.9. The molecule has 0 bridgehead atoms. The van der Waals surface area contributed by atoms with Gasteiger partial charge in [0, 0.05) is 16.4 Å². The van der Waals surface area contributed by atoms with Gasteiger partial charge in [0.2, 0.25) is 5.91 Å². The summed E-state index contributed by atoms with van der Waals surface area (Å²) in [6.07, 6.45) is 1.53. The van der Waals surface area contributed by atoms with Crippen molar-refractivity contribution in [2.24, 2.45) is 0 Å². The number of hydrogen-bond acceptors (Lipinski definition) is 7. The Labute approximate surface area is 234 Å². The highest BCUT2D eigenvalue weighted by Crippen LogP contribution is 2.34. The Morgan fingerprint density at radius 3 is 2.49 bits per heavy atom. The fraction of sp³-hybridized carbons (Fsp3) is 0.143. The fourth-order valence-corrected chi connectivity index (χ4v) is 4.62. The number of methoxy groups -OCH3 is 1. The molecule has 9 nitrogen and oxygen atoms in total. The molecule has 0 atom stereocenters. The monoisotopic (exact) mass is 565 g/mol. The summed E-state index contributed by atoms with van der Waals surface area (Å²) >= 11 is 6.73. The van der Waals surface area contributed by atoms with Crippen molar-refractivity contribution in [3.63, 3.8) is 0 Å². The molecule has 0 radical (unpaired) electrons. The van der Waals surface area contributed by atoms with Crippen molar-refractivity contribution in [3.05, 3.63) is 87.8 Å². The third-order valence-electron chi connectivity index (χ3n) is 5.55. The highest BCUT2D eigenvalue weighted by atomic mass is 35.5. The smallest absolute Gasteiger partial charge is 0.294 e. The van der Waals surface area contributed by atoms with E-state index in [1.807, 2.05) is 18.2 Å². The number of nitrogens with one attached hydrogen (secondary N) is 2. The van der Waals surface area contributed by atoms with Crippen molar-refractivity contribution in [2.75, 3.05) is 30.9 Å². The number of rotatable bonds is 9. The number of thioether (sulfide) groups is 1. The number of hydrogen-bond donors (Lipinski definition) is 2. The Morgan fingerprint density at radius 1 is 0.974 bits per heavy atom. The second-order valence-electron chi connectivity index (χ2n) is 8.39. The van der Waals surface area contributed by atoms with E-state index in [0.717, 1.165) is 22.2 Å². The number of imide groups is 1. The number of halogens is 1. The van der Waals surface area contributed by atoms with E-state index in [1.165, 1.54) is 13.2 Å². The number of nitrogens with zero attached hydrogens (tertiary/aromatic N) is 1. The first-order valence-electron chi connectivity index (χ1n) is 11.7. The molecule has 1 aliphatic rings. The van der Waals surface area contributed by atoms with E-state index >= 15 is 0 Å². The van der Waals surface area contributed by atoms with Gasteiger partial charge in [-0.05, 0) is 72.3 Å². The molecular weight excluding hydrogens is 542 g/mol. The van der Waals surface area contributed by atoms with Gasteiger partial charge in [-0.25, -0.2) is 0 Å². The molecule has 0 spiro atoms. The van der Waals surface area contributed by atoms with Gasteiger partial charge in [-0.15, -0.1) is 0 Å². The van der Waals surface area contributed by atoms with Crippen LogP contribution in [0.3, 0.4) is 0 Å². The molecule has 1 heterocycles. The van der Waals surface area contributed by atoms with Gasteiger partial charge in [0.15, 0.2) is 18.1 Å². The molecular formula is C28H24ClN3O6S. The lowest BCUT2D eigenvalue weighted by Gasteiger charge is -2.14. The maximum Gasteiger partial charge on any atom is 0.294 e. The third-order valence-corrected chi connectivity index (χ3v) is 6.69. The van der Waals surface area contributed by atoms with E-state index in [-0.39, 0.29) is 17.4 Å². The minimum Gasteiger partial charge on any atom is -0.493 e. The highest BCUT2D eigenvalue weighted by molar-refractivity contribution is 8.18. The van der Waals surface area contributed by atoms with Crippen molar-refractivity contribution in [2.45, 2.75) is 6.92 Å². The summed E-state index contributed by atoms with van der Waals surface area (Å²) < 4.78 is 11.0. The average molecular weight is 566 g/mol. The van der Waals surface area contributed by atoms with Gasteiger partial charge >= 0.3 is 0 Å². The summed E-state index contributed by atoms with van der Waals surface area (Å²) in [4.78, 5) is 51.2. The van der Waals surface area contributed by atoms with E-state index < -0.39 is 23.6 Å². The Morgan fingerprint density at radius 2 is 1.74 bits per heavy atom. The number of para-hydroxylation sites is 1. The molecule has 11 heteroatoms. The largest absolute Gasteiger partial charge is 0.493 e. The summed E-state index contributed by atoms with van der Waals surface area (Å²) in [7, 11) is 1.45. The average Bonchev–Trinajstić information content (AvgIpc) is 3.17. The molecule has 4 rings (SSSR count). The van der Waals surface area contributed by atoms with Crippen LogP contribution in [-0.4, -0.2) is 48.1 Å². The molecule has 0 aliphatic carbocycles. The molecule has 2 N–H and O–H groups in total. The van der Waals surface area contributed by atoms with E-state index in [9.17, 15) is 19.2 Å². The van der Waals surface area contributed by atoms with E-state index in [2.05, 4.69) is 10.6 Å². The van der Waals surface area contributed by atoms with Gasteiger partial charge in [-0.1, -0.05) is 41.9 Å². The lowest BCUT2D eigenvalue weighted by Crippen LogP contribution is -2.36. The number of benzene rings is 3. The van der Waals surface area contributed by atoms with Crippen molar-refractivity contribution in [1.29, 1.82) is 0 Å². The molecule has 3 aromatic carbocycles. The van der Waals surface area contributed by atoms with Crippen LogP contribution in [-0.2, 0) is 14.4 Å². The zero-order valence-corrected chi connectivity index (χ0v) is 22.6. The quantitative estimate of drug-likeness (QED) is 0.336. The molecule has 200 valence electrons. The Balaban J connectivity index is 1.39. The van der Waals surface area contributed by atoms with Gasteiger partial charge < -0.3 is 20.1 Å². The Kier molecular flexibility index (Phi) is 8.90. The Hall–Kier alpha value is -4.28. The predicted molar refractivity (Wildman–Crippen MR) is 151 cm³/mol. The number of carbonyl (C=O) groups excluding carboxylic acids is 4. The second kappa shape index (κ2) is 12.5. The zero-order chi connectivity index (χ0) is 27.9. The minimum atomic E-state index is -0.583.